The van der Waals surface area contributed by atoms with Gasteiger partial charge in [-0.05, 0) is 74.9 Å². The highest BCUT2D eigenvalue weighted by Gasteiger charge is 2.52. The van der Waals surface area contributed by atoms with Gasteiger partial charge in [0.25, 0.3) is 0 Å². The largest absolute Gasteiger partial charge is 0.353 e. The molecule has 4 aliphatic rings. The summed E-state index contributed by atoms with van der Waals surface area (Å²) >= 11 is 1.78. The average Bonchev–Trinajstić information content (AvgIpc) is 3.40. The second-order valence-corrected chi connectivity index (χ2v) is 13.2. The molecule has 1 atom stereocenters. The van der Waals surface area contributed by atoms with Crippen LogP contribution in [0.5, 0.6) is 0 Å². The normalized spacial score (nSPS) is 22.2. The number of nitrogens with one attached hydrogen (secondary N) is 1. The number of likely N-dealkylation sites (tertiary alicyclic amines) is 1. The second-order valence-electron chi connectivity index (χ2n) is 12.0. The van der Waals surface area contributed by atoms with Gasteiger partial charge in [-0.3, -0.25) is 19.4 Å². The molecule has 1 N–H and O–H groups in total. The van der Waals surface area contributed by atoms with Crippen molar-refractivity contribution in [3.63, 3.8) is 0 Å². The van der Waals surface area contributed by atoms with Crippen molar-refractivity contribution in [2.24, 2.45) is 10.4 Å². The van der Waals surface area contributed by atoms with Crippen molar-refractivity contribution < 1.29 is 9.59 Å². The minimum absolute atomic E-state index is 0.0197. The summed E-state index contributed by atoms with van der Waals surface area (Å²) in [6, 6.07) is 18.9. The Balaban J connectivity index is 0.924. The first-order chi connectivity index (χ1) is 20.0. The van der Waals surface area contributed by atoms with Crippen LogP contribution in [-0.2, 0) is 22.4 Å². The Hall–Kier alpha value is -3.49. The summed E-state index contributed by atoms with van der Waals surface area (Å²) in [6.07, 6.45) is 4.59. The van der Waals surface area contributed by atoms with Gasteiger partial charge in [0.05, 0.1) is 22.4 Å². The zero-order valence-electron chi connectivity index (χ0n) is 23.7. The number of carbonyl (C=O) groups is 2. The number of thiophene rings is 1. The molecule has 7 rings (SSSR count). The maximum Gasteiger partial charge on any atom is 0.236 e. The van der Waals surface area contributed by atoms with Gasteiger partial charge in [-0.25, -0.2) is 4.99 Å². The monoisotopic (exact) mass is 567 g/mol. The van der Waals surface area contributed by atoms with Crippen molar-refractivity contribution in [2.75, 3.05) is 44.6 Å². The number of amidine groups is 1. The maximum atomic E-state index is 13.4. The van der Waals surface area contributed by atoms with Crippen LogP contribution in [0.15, 0.2) is 59.6 Å². The summed E-state index contributed by atoms with van der Waals surface area (Å²) in [4.78, 5) is 39.3. The molecule has 2 saturated heterocycles. The van der Waals surface area contributed by atoms with Crippen LogP contribution >= 0.6 is 11.3 Å². The molecule has 2 amide bonds. The predicted molar refractivity (Wildman–Crippen MR) is 164 cm³/mol. The highest BCUT2D eigenvalue weighted by molar-refractivity contribution is 7.16. The van der Waals surface area contributed by atoms with Gasteiger partial charge in [0, 0.05) is 44.0 Å². The number of hydrogen-bond donors (Lipinski definition) is 1. The number of nitrogens with zero attached hydrogens (tertiary/aromatic N) is 4. The summed E-state index contributed by atoms with van der Waals surface area (Å²) in [5.41, 5.74) is 5.28. The van der Waals surface area contributed by atoms with E-state index in [1.54, 1.807) is 16.2 Å². The number of aryl methyl sites for hydroxylation is 2. The Labute approximate surface area is 245 Å². The van der Waals surface area contributed by atoms with Crippen LogP contribution in [0.25, 0.3) is 0 Å². The molecule has 1 unspecified atom stereocenters. The second kappa shape index (κ2) is 10.7. The topological polar surface area (TPSA) is 68.2 Å². The van der Waals surface area contributed by atoms with E-state index < -0.39 is 5.41 Å². The molecule has 2 fully saturated rings. The minimum atomic E-state index is -0.515. The fourth-order valence-electron chi connectivity index (χ4n) is 7.00. The fraction of sp³-hybridized carbons (Fsp3) is 0.424. The smallest absolute Gasteiger partial charge is 0.236 e. The lowest BCUT2D eigenvalue weighted by Crippen LogP contribution is -2.49. The van der Waals surface area contributed by atoms with E-state index in [1.807, 2.05) is 18.2 Å². The van der Waals surface area contributed by atoms with Crippen molar-refractivity contribution in [2.45, 2.75) is 45.4 Å². The molecule has 7 nitrogen and oxygen atoms in total. The number of benzene rings is 2. The third-order valence-electron chi connectivity index (χ3n) is 9.26. The number of imide groups is 1. The highest BCUT2D eigenvalue weighted by Crippen LogP contribution is 2.44. The summed E-state index contributed by atoms with van der Waals surface area (Å²) < 4.78 is 0. The zero-order chi connectivity index (χ0) is 28.0. The summed E-state index contributed by atoms with van der Waals surface area (Å²) in [5.74, 6) is 1.15. The molecule has 0 saturated carbocycles. The average molecular weight is 568 g/mol. The number of fused-ring (bicyclic) bond motifs is 3. The van der Waals surface area contributed by atoms with Crippen LogP contribution in [0.3, 0.4) is 0 Å². The Morgan fingerprint density at radius 1 is 0.927 bits per heavy atom. The molecule has 3 aromatic rings. The predicted octanol–water partition coefficient (Wildman–Crippen LogP) is 5.52. The van der Waals surface area contributed by atoms with Crippen molar-refractivity contribution in [1.29, 1.82) is 0 Å². The first-order valence-electron chi connectivity index (χ1n) is 14.9. The number of hydrogen-bond acceptors (Lipinski definition) is 7. The van der Waals surface area contributed by atoms with Crippen molar-refractivity contribution in [3.8, 4) is 0 Å². The van der Waals surface area contributed by atoms with Gasteiger partial charge in [-0.2, -0.15) is 0 Å². The van der Waals surface area contributed by atoms with Crippen LogP contribution in [0.1, 0.15) is 47.3 Å². The molecule has 41 heavy (non-hydrogen) atoms. The summed E-state index contributed by atoms with van der Waals surface area (Å²) in [6.45, 7) is 7.52. The number of piperazine rings is 1. The fourth-order valence-corrected chi connectivity index (χ4v) is 7.92. The third-order valence-corrected chi connectivity index (χ3v) is 10.2. The van der Waals surface area contributed by atoms with E-state index in [-0.39, 0.29) is 11.8 Å². The number of carbonyl (C=O) groups excluding carboxylic acids is 2. The Kier molecular flexibility index (Phi) is 6.91. The van der Waals surface area contributed by atoms with Gasteiger partial charge >= 0.3 is 0 Å². The Morgan fingerprint density at radius 3 is 2.54 bits per heavy atom. The quantitative estimate of drug-likeness (QED) is 0.325. The standard InChI is InChI=1S/C33H37N5O2S/c1-23-20-26-30(34-27-10-4-5-11-28(27)35-31(26)41-23)37-18-16-36(17-19-37)14-6-7-15-38-29(39)22-33(32(38)40)13-12-24-8-2-3-9-25(24)21-33/h2-5,8-11,20,35H,6-7,12-19,21-22H2,1H3. The lowest BCUT2D eigenvalue weighted by Gasteiger charge is -2.36. The third kappa shape index (κ3) is 4.97. The number of para-hydroxylation sites is 2. The van der Waals surface area contributed by atoms with Crippen molar-refractivity contribution >= 4 is 45.4 Å². The molecule has 3 aliphatic heterocycles. The number of aliphatic imine (C=N–C) groups is 1. The SMILES string of the molecule is Cc1cc2c(s1)Nc1ccccc1N=C2N1CCN(CCCCN2C(=O)CC3(CCc4ccccc4C3)C2=O)CC1. The van der Waals surface area contributed by atoms with Crippen LogP contribution in [0, 0.1) is 12.3 Å². The van der Waals surface area contributed by atoms with E-state index in [9.17, 15) is 9.59 Å². The summed E-state index contributed by atoms with van der Waals surface area (Å²) in [7, 11) is 0. The van der Waals surface area contributed by atoms with E-state index in [1.165, 1.54) is 26.6 Å². The first kappa shape index (κ1) is 26.4. The number of anilines is 2. The number of amides is 2. The van der Waals surface area contributed by atoms with Crippen LogP contribution < -0.4 is 5.32 Å². The first-order valence-corrected chi connectivity index (χ1v) is 15.8. The molecule has 8 heteroatoms. The molecule has 4 heterocycles. The van der Waals surface area contributed by atoms with E-state index in [4.69, 9.17) is 4.99 Å². The molecular formula is C33H37N5O2S. The molecule has 1 spiro atoms. The van der Waals surface area contributed by atoms with Gasteiger partial charge in [0.15, 0.2) is 0 Å². The van der Waals surface area contributed by atoms with Gasteiger partial charge < -0.3 is 10.2 Å². The number of rotatable bonds is 5. The van der Waals surface area contributed by atoms with Gasteiger partial charge in [0.1, 0.15) is 10.8 Å². The molecule has 2 aromatic carbocycles. The lowest BCUT2D eigenvalue weighted by molar-refractivity contribution is -0.141. The van der Waals surface area contributed by atoms with Gasteiger partial charge in [-0.15, -0.1) is 11.3 Å². The molecule has 0 bridgehead atoms. The van der Waals surface area contributed by atoms with E-state index in [0.717, 1.165) is 75.6 Å². The molecular weight excluding hydrogens is 530 g/mol. The van der Waals surface area contributed by atoms with Gasteiger partial charge in [0.2, 0.25) is 11.8 Å². The Morgan fingerprint density at radius 2 is 1.68 bits per heavy atom. The molecule has 212 valence electrons. The van der Waals surface area contributed by atoms with E-state index >= 15 is 0 Å². The van der Waals surface area contributed by atoms with Gasteiger partial charge in [-0.1, -0.05) is 36.4 Å². The summed E-state index contributed by atoms with van der Waals surface area (Å²) in [5, 5.41) is 4.77. The van der Waals surface area contributed by atoms with Crippen LogP contribution in [-0.4, -0.2) is 71.6 Å². The zero-order valence-corrected chi connectivity index (χ0v) is 24.5. The number of unbranched alkanes of at least 4 members (excludes halogenated alkanes) is 1. The molecule has 1 aliphatic carbocycles. The molecule has 0 radical (unpaired) electrons. The lowest BCUT2D eigenvalue weighted by atomic mass is 9.70. The van der Waals surface area contributed by atoms with Crippen LogP contribution in [0.4, 0.5) is 16.4 Å². The van der Waals surface area contributed by atoms with Crippen molar-refractivity contribution in [1.82, 2.24) is 14.7 Å². The van der Waals surface area contributed by atoms with Crippen molar-refractivity contribution in [3.05, 3.63) is 76.2 Å². The maximum absolute atomic E-state index is 13.4. The Bertz CT molecular complexity index is 1520. The highest BCUT2D eigenvalue weighted by atomic mass is 32.1. The van der Waals surface area contributed by atoms with E-state index in [0.29, 0.717) is 19.4 Å². The van der Waals surface area contributed by atoms with E-state index in [2.05, 4.69) is 58.4 Å². The van der Waals surface area contributed by atoms with Crippen LogP contribution in [0.2, 0.25) is 0 Å². The minimum Gasteiger partial charge on any atom is -0.353 e. The molecule has 1 aromatic heterocycles.